The molecule has 0 aliphatic rings. The van der Waals surface area contributed by atoms with Crippen LogP contribution in [0.3, 0.4) is 0 Å². The smallest absolute Gasteiger partial charge is 0.155 e. The number of nitrogens with zero attached hydrogens (tertiary/aromatic N) is 2. The van der Waals surface area contributed by atoms with Crippen molar-refractivity contribution in [3.05, 3.63) is 46.4 Å². The standard InChI is InChI=1S/C12H7ClF2N2O/c1-6-2-3-8(14)9(10(6)15)11-7(4-18)12(13)17-5-16-11/h2-5H,1H3. The van der Waals surface area contributed by atoms with Gasteiger partial charge < -0.3 is 0 Å². The monoisotopic (exact) mass is 268 g/mol. The molecule has 0 aliphatic carbocycles. The molecule has 1 aromatic carbocycles. The molecule has 0 bridgehead atoms. The van der Waals surface area contributed by atoms with Crippen LogP contribution in [0.15, 0.2) is 18.5 Å². The minimum absolute atomic E-state index is 0.137. The molecule has 6 heteroatoms. The number of aldehydes is 1. The van der Waals surface area contributed by atoms with E-state index in [9.17, 15) is 13.6 Å². The van der Waals surface area contributed by atoms with Crippen LogP contribution in [0.5, 0.6) is 0 Å². The fourth-order valence-electron chi connectivity index (χ4n) is 1.55. The number of benzene rings is 1. The molecule has 92 valence electrons. The predicted octanol–water partition coefficient (Wildman–Crippen LogP) is 3.20. The molecule has 0 radical (unpaired) electrons. The van der Waals surface area contributed by atoms with Crippen LogP contribution in [0.1, 0.15) is 15.9 Å². The molecule has 0 N–H and O–H groups in total. The summed E-state index contributed by atoms with van der Waals surface area (Å²) in [6.45, 7) is 1.49. The molecule has 0 spiro atoms. The summed E-state index contributed by atoms with van der Waals surface area (Å²) in [5, 5.41) is -0.143. The molecular weight excluding hydrogens is 262 g/mol. The second-order valence-electron chi connectivity index (χ2n) is 3.60. The fourth-order valence-corrected chi connectivity index (χ4v) is 1.73. The first kappa shape index (κ1) is 12.6. The first-order valence-corrected chi connectivity index (χ1v) is 5.34. The van der Waals surface area contributed by atoms with E-state index in [4.69, 9.17) is 11.6 Å². The summed E-state index contributed by atoms with van der Waals surface area (Å²) in [5.41, 5.74) is -0.411. The lowest BCUT2D eigenvalue weighted by molar-refractivity contribution is 0.112. The number of aromatic nitrogens is 2. The average Bonchev–Trinajstić information content (AvgIpc) is 2.35. The van der Waals surface area contributed by atoms with Crippen molar-refractivity contribution < 1.29 is 13.6 Å². The Balaban J connectivity index is 2.81. The van der Waals surface area contributed by atoms with E-state index >= 15 is 0 Å². The number of rotatable bonds is 2. The average molecular weight is 269 g/mol. The zero-order valence-electron chi connectivity index (χ0n) is 9.25. The fraction of sp³-hybridized carbons (Fsp3) is 0.0833. The van der Waals surface area contributed by atoms with Gasteiger partial charge in [0.05, 0.1) is 16.8 Å². The van der Waals surface area contributed by atoms with Gasteiger partial charge in [-0.2, -0.15) is 0 Å². The van der Waals surface area contributed by atoms with Crippen LogP contribution in [-0.2, 0) is 0 Å². The van der Waals surface area contributed by atoms with Crippen LogP contribution >= 0.6 is 11.6 Å². The Hall–Kier alpha value is -1.88. The molecule has 0 saturated carbocycles. The summed E-state index contributed by atoms with van der Waals surface area (Å²) in [4.78, 5) is 18.3. The van der Waals surface area contributed by atoms with Gasteiger partial charge in [0.25, 0.3) is 0 Å². The molecular formula is C12H7ClF2N2O. The topological polar surface area (TPSA) is 42.9 Å². The lowest BCUT2D eigenvalue weighted by Crippen LogP contribution is -2.01. The lowest BCUT2D eigenvalue weighted by atomic mass is 10.0. The molecule has 2 rings (SSSR count). The van der Waals surface area contributed by atoms with Gasteiger partial charge in [-0.25, -0.2) is 18.7 Å². The minimum Gasteiger partial charge on any atom is -0.298 e. The van der Waals surface area contributed by atoms with E-state index in [1.54, 1.807) is 0 Å². The highest BCUT2D eigenvalue weighted by Gasteiger charge is 2.19. The maximum Gasteiger partial charge on any atom is 0.155 e. The van der Waals surface area contributed by atoms with Gasteiger partial charge in [-0.05, 0) is 18.6 Å². The number of hydrogen-bond donors (Lipinski definition) is 0. The zero-order valence-corrected chi connectivity index (χ0v) is 10.0. The third kappa shape index (κ3) is 1.97. The highest BCUT2D eigenvalue weighted by molar-refractivity contribution is 6.32. The number of aryl methyl sites for hydroxylation is 1. The summed E-state index contributed by atoms with van der Waals surface area (Å²) in [6, 6.07) is 2.41. The van der Waals surface area contributed by atoms with Crippen molar-refractivity contribution in [2.75, 3.05) is 0 Å². The molecule has 0 saturated heterocycles. The molecule has 0 fully saturated rings. The van der Waals surface area contributed by atoms with Gasteiger partial charge >= 0.3 is 0 Å². The molecule has 3 nitrogen and oxygen atoms in total. The van der Waals surface area contributed by atoms with Crippen molar-refractivity contribution in [2.45, 2.75) is 6.92 Å². The molecule has 0 aliphatic heterocycles. The largest absolute Gasteiger partial charge is 0.298 e. The van der Waals surface area contributed by atoms with Crippen molar-refractivity contribution in [3.8, 4) is 11.3 Å². The van der Waals surface area contributed by atoms with Crippen LogP contribution in [0.25, 0.3) is 11.3 Å². The van der Waals surface area contributed by atoms with Crippen LogP contribution < -0.4 is 0 Å². The van der Waals surface area contributed by atoms with E-state index in [1.165, 1.54) is 13.0 Å². The molecule has 2 aromatic rings. The van der Waals surface area contributed by atoms with Gasteiger partial charge in [-0.3, -0.25) is 4.79 Å². The second-order valence-corrected chi connectivity index (χ2v) is 3.96. The quantitative estimate of drug-likeness (QED) is 0.620. The summed E-state index contributed by atoms with van der Waals surface area (Å²) in [6.07, 6.45) is 1.42. The molecule has 0 atom stereocenters. The minimum atomic E-state index is -0.809. The van der Waals surface area contributed by atoms with Gasteiger partial charge in [-0.15, -0.1) is 0 Å². The van der Waals surface area contributed by atoms with Crippen LogP contribution in [0.2, 0.25) is 5.15 Å². The maximum atomic E-state index is 13.9. The van der Waals surface area contributed by atoms with E-state index in [2.05, 4.69) is 9.97 Å². The van der Waals surface area contributed by atoms with E-state index in [1.807, 2.05) is 0 Å². The SMILES string of the molecule is Cc1ccc(F)c(-c2ncnc(Cl)c2C=O)c1F. The van der Waals surface area contributed by atoms with Crippen molar-refractivity contribution in [2.24, 2.45) is 0 Å². The number of carbonyl (C=O) groups is 1. The molecule has 0 amide bonds. The predicted molar refractivity (Wildman–Crippen MR) is 62.5 cm³/mol. The van der Waals surface area contributed by atoms with E-state index in [0.717, 1.165) is 12.4 Å². The molecule has 0 unspecified atom stereocenters. The van der Waals surface area contributed by atoms with Crippen molar-refractivity contribution in [1.82, 2.24) is 9.97 Å². The number of halogens is 3. The maximum absolute atomic E-state index is 13.9. The zero-order chi connectivity index (χ0) is 13.3. The Bertz CT molecular complexity index is 632. The molecule has 1 aromatic heterocycles. The Kier molecular flexibility index (Phi) is 3.34. The lowest BCUT2D eigenvalue weighted by Gasteiger charge is -2.08. The van der Waals surface area contributed by atoms with E-state index in [-0.39, 0.29) is 27.5 Å². The van der Waals surface area contributed by atoms with Gasteiger partial charge in [0.2, 0.25) is 0 Å². The highest BCUT2D eigenvalue weighted by Crippen LogP contribution is 2.30. The highest BCUT2D eigenvalue weighted by atomic mass is 35.5. The second kappa shape index (κ2) is 4.78. The van der Waals surface area contributed by atoms with Crippen molar-refractivity contribution in [1.29, 1.82) is 0 Å². The van der Waals surface area contributed by atoms with Gasteiger partial charge in [-0.1, -0.05) is 17.7 Å². The Labute approximate surface area is 106 Å². The summed E-state index contributed by atoms with van der Waals surface area (Å²) >= 11 is 5.70. The van der Waals surface area contributed by atoms with Crippen LogP contribution in [-0.4, -0.2) is 16.3 Å². The third-order valence-electron chi connectivity index (χ3n) is 2.47. The van der Waals surface area contributed by atoms with Crippen molar-refractivity contribution >= 4 is 17.9 Å². The summed E-state index contributed by atoms with van der Waals surface area (Å²) < 4.78 is 27.6. The summed E-state index contributed by atoms with van der Waals surface area (Å²) in [5.74, 6) is -1.58. The van der Waals surface area contributed by atoms with Crippen LogP contribution in [0, 0.1) is 18.6 Å². The normalized spacial score (nSPS) is 10.4. The molecule has 1 heterocycles. The van der Waals surface area contributed by atoms with Crippen molar-refractivity contribution in [3.63, 3.8) is 0 Å². The first-order chi connectivity index (χ1) is 8.56. The Morgan fingerprint density at radius 2 is 2.00 bits per heavy atom. The Morgan fingerprint density at radius 1 is 1.28 bits per heavy atom. The van der Waals surface area contributed by atoms with Gasteiger partial charge in [0.15, 0.2) is 6.29 Å². The van der Waals surface area contributed by atoms with Gasteiger partial charge in [0.1, 0.15) is 23.1 Å². The van der Waals surface area contributed by atoms with E-state index < -0.39 is 11.6 Å². The number of carbonyl (C=O) groups excluding carboxylic acids is 1. The van der Waals surface area contributed by atoms with Crippen LogP contribution in [0.4, 0.5) is 8.78 Å². The third-order valence-corrected chi connectivity index (χ3v) is 2.78. The summed E-state index contributed by atoms with van der Waals surface area (Å²) in [7, 11) is 0. The van der Waals surface area contributed by atoms with Gasteiger partial charge in [0, 0.05) is 0 Å². The first-order valence-electron chi connectivity index (χ1n) is 4.97. The number of hydrogen-bond acceptors (Lipinski definition) is 3. The molecule has 18 heavy (non-hydrogen) atoms. The van der Waals surface area contributed by atoms with E-state index in [0.29, 0.717) is 6.29 Å². The Morgan fingerprint density at radius 3 is 2.67 bits per heavy atom.